The van der Waals surface area contributed by atoms with Gasteiger partial charge < -0.3 is 9.84 Å². The topological polar surface area (TPSA) is 76.5 Å². The second-order valence-corrected chi connectivity index (χ2v) is 3.57. The lowest BCUT2D eigenvalue weighted by Gasteiger charge is -2.18. The van der Waals surface area contributed by atoms with Gasteiger partial charge in [-0.05, 0) is 19.9 Å². The van der Waals surface area contributed by atoms with Crippen LogP contribution in [0.1, 0.15) is 25.5 Å². The highest BCUT2D eigenvalue weighted by atomic mass is 16.5. The Labute approximate surface area is 99.4 Å². The fraction of sp³-hybridized carbons (Fsp3) is 0.417. The van der Waals surface area contributed by atoms with Crippen molar-refractivity contribution < 1.29 is 19.4 Å². The number of nitrogens with zero attached hydrogens (tertiary/aromatic N) is 1. The van der Waals surface area contributed by atoms with E-state index in [2.05, 4.69) is 4.98 Å². The summed E-state index contributed by atoms with van der Waals surface area (Å²) in [5.74, 6) is -2.34. The van der Waals surface area contributed by atoms with E-state index in [0.29, 0.717) is 5.56 Å². The highest BCUT2D eigenvalue weighted by molar-refractivity contribution is 5.98. The molecular formula is C12H15NO4. The van der Waals surface area contributed by atoms with Gasteiger partial charge in [0.25, 0.3) is 0 Å². The van der Waals surface area contributed by atoms with E-state index in [1.54, 1.807) is 25.3 Å². The van der Waals surface area contributed by atoms with Gasteiger partial charge in [-0.1, -0.05) is 6.07 Å². The van der Waals surface area contributed by atoms with Crippen LogP contribution in [-0.2, 0) is 14.3 Å². The molecule has 0 aliphatic heterocycles. The molecule has 92 valence electrons. The van der Waals surface area contributed by atoms with Crippen LogP contribution >= 0.6 is 0 Å². The molecule has 0 amide bonds. The summed E-state index contributed by atoms with van der Waals surface area (Å²) < 4.78 is 4.77. The summed E-state index contributed by atoms with van der Waals surface area (Å²) in [6.45, 7) is 3.06. The molecule has 0 saturated carbocycles. The summed E-state index contributed by atoms with van der Waals surface area (Å²) in [4.78, 5) is 26.8. The largest absolute Gasteiger partial charge is 0.465 e. The molecule has 0 radical (unpaired) electrons. The van der Waals surface area contributed by atoms with Crippen molar-refractivity contribution >= 4 is 11.8 Å². The van der Waals surface area contributed by atoms with Gasteiger partial charge in [-0.15, -0.1) is 0 Å². The zero-order valence-corrected chi connectivity index (χ0v) is 9.79. The Hall–Kier alpha value is -1.75. The van der Waals surface area contributed by atoms with Crippen molar-refractivity contribution in [3.05, 3.63) is 30.1 Å². The van der Waals surface area contributed by atoms with Crippen LogP contribution in [0.2, 0.25) is 0 Å². The van der Waals surface area contributed by atoms with Crippen LogP contribution < -0.4 is 0 Å². The third-order valence-electron chi connectivity index (χ3n) is 2.32. The molecule has 0 aliphatic rings. The third-order valence-corrected chi connectivity index (χ3v) is 2.32. The van der Waals surface area contributed by atoms with E-state index in [-0.39, 0.29) is 6.61 Å². The number of aliphatic hydroxyl groups is 1. The van der Waals surface area contributed by atoms with E-state index in [1.165, 1.54) is 13.1 Å². The Morgan fingerprint density at radius 1 is 1.53 bits per heavy atom. The Balaban J connectivity index is 2.92. The first-order valence-corrected chi connectivity index (χ1v) is 5.33. The number of pyridine rings is 1. The van der Waals surface area contributed by atoms with Crippen LogP contribution in [0.15, 0.2) is 24.5 Å². The predicted molar refractivity (Wildman–Crippen MR) is 60.0 cm³/mol. The first-order chi connectivity index (χ1) is 8.07. The third kappa shape index (κ3) is 3.35. The lowest BCUT2D eigenvalue weighted by molar-refractivity contribution is -0.155. The first kappa shape index (κ1) is 13.3. The average molecular weight is 237 g/mol. The normalized spacial score (nSPS) is 13.8. The summed E-state index contributed by atoms with van der Waals surface area (Å²) in [5.41, 5.74) is 0.417. The number of carbonyl (C=O) groups is 2. The van der Waals surface area contributed by atoms with Gasteiger partial charge in [-0.3, -0.25) is 14.6 Å². The van der Waals surface area contributed by atoms with Crippen LogP contribution in [0.4, 0.5) is 0 Å². The number of aromatic nitrogens is 1. The predicted octanol–water partition coefficient (Wildman–Crippen LogP) is 0.883. The van der Waals surface area contributed by atoms with Gasteiger partial charge in [0.1, 0.15) is 17.8 Å². The molecule has 1 N–H and O–H groups in total. The molecule has 0 bridgehead atoms. The van der Waals surface area contributed by atoms with Gasteiger partial charge in [0.05, 0.1) is 6.61 Å². The maximum absolute atomic E-state index is 11.6. The van der Waals surface area contributed by atoms with Crippen LogP contribution in [-0.4, -0.2) is 28.4 Å². The lowest BCUT2D eigenvalue weighted by Crippen LogP contribution is -2.30. The van der Waals surface area contributed by atoms with Crippen LogP contribution in [0.5, 0.6) is 0 Å². The highest BCUT2D eigenvalue weighted by Crippen LogP contribution is 2.23. The van der Waals surface area contributed by atoms with E-state index < -0.39 is 23.8 Å². The van der Waals surface area contributed by atoms with Gasteiger partial charge in [0.2, 0.25) is 0 Å². The first-order valence-electron chi connectivity index (χ1n) is 5.33. The number of hydrogen-bond donors (Lipinski definition) is 1. The molecule has 1 aromatic heterocycles. The van der Waals surface area contributed by atoms with Crippen molar-refractivity contribution in [1.82, 2.24) is 4.98 Å². The zero-order chi connectivity index (χ0) is 12.8. The Morgan fingerprint density at radius 2 is 2.24 bits per heavy atom. The Bertz CT molecular complexity index is 391. The fourth-order valence-corrected chi connectivity index (χ4v) is 1.49. The van der Waals surface area contributed by atoms with E-state index >= 15 is 0 Å². The number of rotatable bonds is 5. The highest BCUT2D eigenvalue weighted by Gasteiger charge is 2.33. The summed E-state index contributed by atoms with van der Waals surface area (Å²) in [6, 6.07) is 3.23. The van der Waals surface area contributed by atoms with Crippen LogP contribution in [0.3, 0.4) is 0 Å². The van der Waals surface area contributed by atoms with Crippen molar-refractivity contribution in [3.63, 3.8) is 0 Å². The van der Waals surface area contributed by atoms with Crippen molar-refractivity contribution in [3.8, 4) is 0 Å². The Kier molecular flexibility index (Phi) is 4.78. The van der Waals surface area contributed by atoms with Gasteiger partial charge >= 0.3 is 5.97 Å². The van der Waals surface area contributed by atoms with Crippen molar-refractivity contribution in [1.29, 1.82) is 0 Å². The van der Waals surface area contributed by atoms with Gasteiger partial charge in [-0.25, -0.2) is 0 Å². The molecule has 0 spiro atoms. The minimum atomic E-state index is -1.22. The van der Waals surface area contributed by atoms with E-state index in [1.807, 2.05) is 0 Å². The second-order valence-electron chi connectivity index (χ2n) is 3.57. The molecular weight excluding hydrogens is 222 g/mol. The molecule has 0 fully saturated rings. The summed E-state index contributed by atoms with van der Waals surface area (Å²) >= 11 is 0. The Morgan fingerprint density at radius 3 is 2.71 bits per heavy atom. The lowest BCUT2D eigenvalue weighted by atomic mass is 9.93. The van der Waals surface area contributed by atoms with Crippen LogP contribution in [0, 0.1) is 5.92 Å². The molecule has 1 rings (SSSR count). The van der Waals surface area contributed by atoms with E-state index in [0.717, 1.165) is 0 Å². The monoisotopic (exact) mass is 237 g/mol. The minimum absolute atomic E-state index is 0.169. The number of esters is 1. The van der Waals surface area contributed by atoms with Gasteiger partial charge in [0.15, 0.2) is 0 Å². The second kappa shape index (κ2) is 6.10. The molecule has 0 aliphatic carbocycles. The molecule has 5 heteroatoms. The SMILES string of the molecule is CCOC(=O)C(C(C)=O)C(O)c1cccnc1. The number of carbonyl (C=O) groups excluding carboxylic acids is 2. The molecule has 1 heterocycles. The fourth-order valence-electron chi connectivity index (χ4n) is 1.49. The molecule has 2 atom stereocenters. The number of hydrogen-bond acceptors (Lipinski definition) is 5. The van der Waals surface area contributed by atoms with Crippen molar-refractivity contribution in [2.75, 3.05) is 6.61 Å². The smallest absolute Gasteiger partial charge is 0.319 e. The molecule has 1 aromatic rings. The number of Topliss-reactive ketones (excluding diaryl/α,β-unsaturated/α-hetero) is 1. The minimum Gasteiger partial charge on any atom is -0.465 e. The molecule has 2 unspecified atom stereocenters. The summed E-state index contributed by atoms with van der Waals surface area (Å²) in [7, 11) is 0. The maximum atomic E-state index is 11.6. The molecule has 0 saturated heterocycles. The van der Waals surface area contributed by atoms with Crippen molar-refractivity contribution in [2.24, 2.45) is 5.92 Å². The van der Waals surface area contributed by atoms with Crippen LogP contribution in [0.25, 0.3) is 0 Å². The average Bonchev–Trinajstić information content (AvgIpc) is 2.30. The summed E-state index contributed by atoms with van der Waals surface area (Å²) in [6.07, 6.45) is 1.74. The maximum Gasteiger partial charge on any atom is 0.319 e. The molecule has 17 heavy (non-hydrogen) atoms. The summed E-state index contributed by atoms with van der Waals surface area (Å²) in [5, 5.41) is 9.99. The number of ether oxygens (including phenoxy) is 1. The zero-order valence-electron chi connectivity index (χ0n) is 9.79. The number of ketones is 1. The number of aliphatic hydroxyl groups excluding tert-OH is 1. The van der Waals surface area contributed by atoms with Gasteiger partial charge in [0, 0.05) is 18.0 Å². The molecule has 5 nitrogen and oxygen atoms in total. The standard InChI is InChI=1S/C12H15NO4/c1-3-17-12(16)10(8(2)14)11(15)9-5-4-6-13-7-9/h4-7,10-11,15H,3H2,1-2H3. The van der Waals surface area contributed by atoms with Crippen molar-refractivity contribution in [2.45, 2.75) is 20.0 Å². The van der Waals surface area contributed by atoms with E-state index in [4.69, 9.17) is 4.74 Å². The quantitative estimate of drug-likeness (QED) is 0.607. The van der Waals surface area contributed by atoms with Gasteiger partial charge in [-0.2, -0.15) is 0 Å². The van der Waals surface area contributed by atoms with E-state index in [9.17, 15) is 14.7 Å². The molecule has 0 aromatic carbocycles.